The molecule has 0 spiro atoms. The Morgan fingerprint density at radius 1 is 1.07 bits per heavy atom. The zero-order valence-electron chi connectivity index (χ0n) is 15.6. The number of halogens is 2. The van der Waals surface area contributed by atoms with Crippen LogP contribution in [-0.4, -0.2) is 14.8 Å². The summed E-state index contributed by atoms with van der Waals surface area (Å²) in [6, 6.07) is 15.5. The number of thiocarbonyl (C=S) groups is 1. The van der Waals surface area contributed by atoms with Crippen LogP contribution in [0.5, 0.6) is 0 Å². The molecule has 1 aliphatic rings. The molecule has 3 nitrogen and oxygen atoms in total. The third kappa shape index (κ3) is 3.75. The Morgan fingerprint density at radius 3 is 2.48 bits per heavy atom. The highest BCUT2D eigenvalue weighted by molar-refractivity contribution is 8.27. The molecular formula is C22H16ClFN2OS2. The largest absolute Gasteiger partial charge is 0.318 e. The van der Waals surface area contributed by atoms with Gasteiger partial charge in [-0.2, -0.15) is 0 Å². The molecule has 7 heteroatoms. The number of carbonyl (C=O) groups excluding carboxylic acids is 1. The first kappa shape index (κ1) is 19.9. The highest BCUT2D eigenvalue weighted by Gasteiger charge is 2.33. The average molecular weight is 443 g/mol. The van der Waals surface area contributed by atoms with Gasteiger partial charge >= 0.3 is 0 Å². The fourth-order valence-electron chi connectivity index (χ4n) is 3.37. The number of aromatic nitrogens is 1. The van der Waals surface area contributed by atoms with Crippen LogP contribution in [0.2, 0.25) is 5.02 Å². The maximum atomic E-state index is 13.6. The minimum atomic E-state index is -0.410. The lowest BCUT2D eigenvalue weighted by Gasteiger charge is -2.14. The van der Waals surface area contributed by atoms with Crippen molar-refractivity contribution in [2.24, 2.45) is 0 Å². The van der Waals surface area contributed by atoms with Gasteiger partial charge in [0.15, 0.2) is 4.32 Å². The molecule has 1 aromatic heterocycles. The van der Waals surface area contributed by atoms with E-state index in [4.69, 9.17) is 23.8 Å². The SMILES string of the molecule is Cc1cc(/C=C2/SC(=S)N(c3cccc(F)c3)C2=O)c(C)n1-c1ccc(Cl)cc1. The first-order valence-corrected chi connectivity index (χ1v) is 10.4. The molecule has 4 rings (SSSR count). The Kier molecular flexibility index (Phi) is 5.34. The normalized spacial score (nSPS) is 15.6. The second kappa shape index (κ2) is 7.78. The molecule has 1 amide bonds. The molecule has 1 saturated heterocycles. The van der Waals surface area contributed by atoms with Crippen molar-refractivity contribution in [3.8, 4) is 5.69 Å². The molecule has 0 saturated carbocycles. The van der Waals surface area contributed by atoms with Crippen molar-refractivity contribution in [2.75, 3.05) is 4.90 Å². The summed E-state index contributed by atoms with van der Waals surface area (Å²) in [5, 5.41) is 0.678. The van der Waals surface area contributed by atoms with E-state index in [2.05, 4.69) is 4.57 Å². The lowest BCUT2D eigenvalue weighted by Crippen LogP contribution is -2.27. The number of thioether (sulfide) groups is 1. The molecule has 0 bridgehead atoms. The van der Waals surface area contributed by atoms with Gasteiger partial charge in [-0.25, -0.2) is 4.39 Å². The number of benzene rings is 2. The van der Waals surface area contributed by atoms with Gasteiger partial charge in [0.25, 0.3) is 5.91 Å². The van der Waals surface area contributed by atoms with Crippen molar-refractivity contribution in [1.82, 2.24) is 4.57 Å². The van der Waals surface area contributed by atoms with E-state index in [0.29, 0.717) is 19.9 Å². The summed E-state index contributed by atoms with van der Waals surface area (Å²) in [6.07, 6.45) is 1.84. The van der Waals surface area contributed by atoms with Crippen molar-refractivity contribution >= 4 is 57.6 Å². The number of hydrogen-bond donors (Lipinski definition) is 0. The van der Waals surface area contributed by atoms with E-state index in [0.717, 1.165) is 22.6 Å². The number of nitrogens with zero attached hydrogens (tertiary/aromatic N) is 2. The molecule has 3 aromatic rings. The molecule has 0 N–H and O–H groups in total. The minimum Gasteiger partial charge on any atom is -0.318 e. The lowest BCUT2D eigenvalue weighted by molar-refractivity contribution is -0.113. The monoisotopic (exact) mass is 442 g/mol. The number of aryl methyl sites for hydroxylation is 1. The summed E-state index contributed by atoms with van der Waals surface area (Å²) in [5.74, 6) is -0.658. The predicted molar refractivity (Wildman–Crippen MR) is 122 cm³/mol. The molecule has 2 heterocycles. The highest BCUT2D eigenvalue weighted by Crippen LogP contribution is 2.37. The van der Waals surface area contributed by atoms with Crippen molar-refractivity contribution in [3.63, 3.8) is 0 Å². The smallest absolute Gasteiger partial charge is 0.270 e. The molecule has 1 aliphatic heterocycles. The van der Waals surface area contributed by atoms with Gasteiger partial charge in [0.2, 0.25) is 0 Å². The van der Waals surface area contributed by atoms with E-state index < -0.39 is 5.82 Å². The van der Waals surface area contributed by atoms with E-state index in [1.54, 1.807) is 12.1 Å². The van der Waals surface area contributed by atoms with Crippen LogP contribution >= 0.6 is 35.6 Å². The minimum absolute atomic E-state index is 0.248. The van der Waals surface area contributed by atoms with E-state index in [1.807, 2.05) is 50.3 Å². The first-order chi connectivity index (χ1) is 13.8. The molecule has 0 unspecified atom stereocenters. The Balaban J connectivity index is 1.70. The fraction of sp³-hybridized carbons (Fsp3) is 0.0909. The zero-order valence-corrected chi connectivity index (χ0v) is 18.0. The van der Waals surface area contributed by atoms with Gasteiger partial charge < -0.3 is 4.57 Å². The molecular weight excluding hydrogens is 427 g/mol. The summed E-state index contributed by atoms with van der Waals surface area (Å²) in [7, 11) is 0. The maximum Gasteiger partial charge on any atom is 0.270 e. The number of amides is 1. The van der Waals surface area contributed by atoms with Crippen LogP contribution in [0.3, 0.4) is 0 Å². The Bertz CT molecular complexity index is 1170. The highest BCUT2D eigenvalue weighted by atomic mass is 35.5. The quantitative estimate of drug-likeness (QED) is 0.352. The molecule has 146 valence electrons. The average Bonchev–Trinajstić information content (AvgIpc) is 3.11. The van der Waals surface area contributed by atoms with Crippen molar-refractivity contribution in [2.45, 2.75) is 13.8 Å². The van der Waals surface area contributed by atoms with Gasteiger partial charge in [0.05, 0.1) is 10.6 Å². The van der Waals surface area contributed by atoms with Crippen molar-refractivity contribution in [3.05, 3.63) is 87.3 Å². The van der Waals surface area contributed by atoms with Crippen molar-refractivity contribution in [1.29, 1.82) is 0 Å². The Morgan fingerprint density at radius 2 is 1.79 bits per heavy atom. The summed E-state index contributed by atoms with van der Waals surface area (Å²) in [5.41, 5.74) is 4.40. The standard InChI is InChI=1S/C22H16ClFN2OS2/c1-13-10-15(14(2)25(13)18-8-6-16(23)7-9-18)11-20-21(27)26(22(28)29-20)19-5-3-4-17(24)12-19/h3-12H,1-2H3/b20-11+. The maximum absolute atomic E-state index is 13.6. The third-order valence-electron chi connectivity index (χ3n) is 4.70. The van der Waals surface area contributed by atoms with Gasteiger partial charge in [-0.05, 0) is 74.0 Å². The lowest BCUT2D eigenvalue weighted by atomic mass is 10.2. The predicted octanol–water partition coefficient (Wildman–Crippen LogP) is 6.29. The van der Waals surface area contributed by atoms with Crippen LogP contribution in [-0.2, 0) is 4.79 Å². The number of anilines is 1. The van der Waals surface area contributed by atoms with Crippen LogP contribution in [0.4, 0.5) is 10.1 Å². The van der Waals surface area contributed by atoms with Gasteiger partial charge in [0, 0.05) is 22.1 Å². The Hall–Kier alpha value is -2.41. The van der Waals surface area contributed by atoms with Crippen LogP contribution in [0.15, 0.2) is 59.5 Å². The second-order valence-electron chi connectivity index (χ2n) is 6.64. The summed E-state index contributed by atoms with van der Waals surface area (Å²) < 4.78 is 16.1. The molecule has 29 heavy (non-hydrogen) atoms. The van der Waals surface area contributed by atoms with Crippen molar-refractivity contribution < 1.29 is 9.18 Å². The van der Waals surface area contributed by atoms with E-state index >= 15 is 0 Å². The van der Waals surface area contributed by atoms with Crippen LogP contribution < -0.4 is 4.90 Å². The van der Waals surface area contributed by atoms with E-state index in [-0.39, 0.29) is 5.91 Å². The summed E-state index contributed by atoms with van der Waals surface area (Å²) >= 11 is 12.6. The topological polar surface area (TPSA) is 25.2 Å². The van der Waals surface area contributed by atoms with Crippen LogP contribution in [0.1, 0.15) is 17.0 Å². The molecule has 0 atom stereocenters. The molecule has 1 fully saturated rings. The van der Waals surface area contributed by atoms with Gasteiger partial charge in [-0.15, -0.1) is 0 Å². The van der Waals surface area contributed by atoms with Gasteiger partial charge in [0.1, 0.15) is 5.82 Å². The van der Waals surface area contributed by atoms with Crippen LogP contribution in [0.25, 0.3) is 11.8 Å². The number of hydrogen-bond acceptors (Lipinski definition) is 3. The summed E-state index contributed by atoms with van der Waals surface area (Å²) in [4.78, 5) is 14.8. The number of rotatable bonds is 3. The van der Waals surface area contributed by atoms with Gasteiger partial charge in [-0.1, -0.05) is 41.6 Å². The number of carbonyl (C=O) groups is 1. The molecule has 2 aromatic carbocycles. The second-order valence-corrected chi connectivity index (χ2v) is 8.75. The fourth-order valence-corrected chi connectivity index (χ4v) is 4.78. The summed E-state index contributed by atoms with van der Waals surface area (Å²) in [6.45, 7) is 4.01. The zero-order chi connectivity index (χ0) is 20.7. The first-order valence-electron chi connectivity index (χ1n) is 8.83. The van der Waals surface area contributed by atoms with Crippen LogP contribution in [0, 0.1) is 19.7 Å². The molecule has 0 aliphatic carbocycles. The Labute approximate surface area is 182 Å². The van der Waals surface area contributed by atoms with E-state index in [1.165, 1.54) is 28.8 Å². The van der Waals surface area contributed by atoms with Gasteiger partial charge in [-0.3, -0.25) is 9.69 Å². The third-order valence-corrected chi connectivity index (χ3v) is 6.26. The molecule has 0 radical (unpaired) electrons. The van der Waals surface area contributed by atoms with E-state index in [9.17, 15) is 9.18 Å².